The van der Waals surface area contributed by atoms with Gasteiger partial charge in [-0.2, -0.15) is 0 Å². The normalized spacial score (nSPS) is 12.0. The summed E-state index contributed by atoms with van der Waals surface area (Å²) < 4.78 is 23.1. The molecule has 0 saturated carbocycles. The quantitative estimate of drug-likeness (QED) is 0.315. The van der Waals surface area contributed by atoms with Crippen molar-refractivity contribution in [3.63, 3.8) is 0 Å². The molecule has 1 heterocycles. The predicted octanol–water partition coefficient (Wildman–Crippen LogP) is 4.89. The number of carbonyl (C=O) groups is 1. The second kappa shape index (κ2) is 11.1. The minimum absolute atomic E-state index is 0.183. The Hall–Kier alpha value is -1.99. The molecule has 0 saturated heterocycles. The number of nitrogens with one attached hydrogen (secondary N) is 1. The van der Waals surface area contributed by atoms with Gasteiger partial charge in [-0.3, -0.25) is 9.36 Å². The maximum absolute atomic E-state index is 12.6. The monoisotopic (exact) mass is 424 g/mol. The van der Waals surface area contributed by atoms with Crippen LogP contribution in [0.4, 0.5) is 5.69 Å². The molecule has 28 heavy (non-hydrogen) atoms. The lowest BCUT2D eigenvalue weighted by Gasteiger charge is -2.17. The Morgan fingerprint density at radius 2 is 1.82 bits per heavy atom. The van der Waals surface area contributed by atoms with Gasteiger partial charge in [0.2, 0.25) is 0 Å². The zero-order valence-electron chi connectivity index (χ0n) is 16.2. The lowest BCUT2D eigenvalue weighted by molar-refractivity contribution is -0.120. The number of amides is 1. The van der Waals surface area contributed by atoms with Crippen molar-refractivity contribution in [2.24, 2.45) is 5.16 Å². The van der Waals surface area contributed by atoms with Gasteiger partial charge < -0.3 is 19.2 Å². The highest BCUT2D eigenvalue weighted by Crippen LogP contribution is 2.51. The topological polar surface area (TPSA) is 86.2 Å². The third-order valence-corrected chi connectivity index (χ3v) is 6.57. The molecule has 0 aliphatic heterocycles. The molecule has 0 bridgehead atoms. The molecule has 1 aromatic carbocycles. The van der Waals surface area contributed by atoms with E-state index in [4.69, 9.17) is 13.9 Å². The van der Waals surface area contributed by atoms with Crippen LogP contribution < -0.4 is 5.32 Å². The van der Waals surface area contributed by atoms with Gasteiger partial charge in [0.15, 0.2) is 6.61 Å². The fourth-order valence-electron chi connectivity index (χ4n) is 2.35. The molecular formula is C19H25N2O5PS. The Kier molecular flexibility index (Phi) is 8.86. The molecule has 1 N–H and O–H groups in total. The van der Waals surface area contributed by atoms with Gasteiger partial charge in [0.1, 0.15) is 0 Å². The molecule has 1 aromatic heterocycles. The summed E-state index contributed by atoms with van der Waals surface area (Å²) in [6.07, 6.45) is 0.183. The second-order valence-corrected chi connectivity index (χ2v) is 8.78. The van der Waals surface area contributed by atoms with Crippen molar-refractivity contribution in [3.8, 4) is 0 Å². The first-order valence-electron chi connectivity index (χ1n) is 8.93. The number of hydrogen-bond acceptors (Lipinski definition) is 7. The second-order valence-electron chi connectivity index (χ2n) is 5.78. The smallest absolute Gasteiger partial charge is 0.335 e. The van der Waals surface area contributed by atoms with Crippen molar-refractivity contribution < 1.29 is 23.2 Å². The molecule has 152 valence electrons. The summed E-state index contributed by atoms with van der Waals surface area (Å²) in [7, 11) is -3.15. The van der Waals surface area contributed by atoms with E-state index in [0.29, 0.717) is 18.9 Å². The van der Waals surface area contributed by atoms with Gasteiger partial charge >= 0.3 is 7.60 Å². The van der Waals surface area contributed by atoms with Crippen molar-refractivity contribution in [1.82, 2.24) is 0 Å². The molecule has 0 unspecified atom stereocenters. The van der Waals surface area contributed by atoms with Crippen LogP contribution in [0, 0.1) is 0 Å². The van der Waals surface area contributed by atoms with E-state index in [1.165, 1.54) is 0 Å². The number of carbonyl (C=O) groups excluding carboxylic acids is 1. The molecule has 0 aliphatic rings. The molecule has 2 rings (SSSR count). The molecule has 0 fully saturated rings. The molecule has 0 atom stereocenters. The minimum Gasteiger partial charge on any atom is -0.385 e. The van der Waals surface area contributed by atoms with Gasteiger partial charge in [0.05, 0.1) is 30.0 Å². The van der Waals surface area contributed by atoms with Crippen molar-refractivity contribution in [1.29, 1.82) is 0 Å². The fourth-order valence-corrected chi connectivity index (χ4v) is 4.72. The Balaban J connectivity index is 1.85. The zero-order chi connectivity index (χ0) is 20.4. The molecule has 0 radical (unpaired) electrons. The largest absolute Gasteiger partial charge is 0.385 e. The number of thiophene rings is 1. The van der Waals surface area contributed by atoms with Gasteiger partial charge in [-0.05, 0) is 49.9 Å². The number of rotatable bonds is 11. The van der Waals surface area contributed by atoms with Crippen molar-refractivity contribution in [3.05, 3.63) is 52.2 Å². The summed E-state index contributed by atoms with van der Waals surface area (Å²) in [5.74, 6) is -0.315. The third kappa shape index (κ3) is 7.20. The first kappa shape index (κ1) is 22.3. The highest BCUT2D eigenvalue weighted by atomic mass is 32.1. The van der Waals surface area contributed by atoms with Crippen LogP contribution >= 0.6 is 18.9 Å². The highest BCUT2D eigenvalue weighted by Gasteiger charge is 2.23. The van der Waals surface area contributed by atoms with Crippen LogP contribution in [0.3, 0.4) is 0 Å². The molecule has 0 spiro atoms. The summed E-state index contributed by atoms with van der Waals surface area (Å²) in [6.45, 7) is 5.83. The van der Waals surface area contributed by atoms with Crippen LogP contribution in [-0.4, -0.2) is 31.4 Å². The average Bonchev–Trinajstić information content (AvgIpc) is 3.18. The van der Waals surface area contributed by atoms with Crippen LogP contribution in [0.5, 0.6) is 0 Å². The molecule has 0 aliphatic carbocycles. The van der Waals surface area contributed by atoms with E-state index in [0.717, 1.165) is 16.2 Å². The molecule has 9 heteroatoms. The van der Waals surface area contributed by atoms with E-state index < -0.39 is 7.60 Å². The fraction of sp³-hybridized carbons (Fsp3) is 0.368. The van der Waals surface area contributed by atoms with Gasteiger partial charge in [0, 0.05) is 5.69 Å². The highest BCUT2D eigenvalue weighted by molar-refractivity contribution is 7.53. The maximum atomic E-state index is 12.6. The van der Waals surface area contributed by atoms with E-state index >= 15 is 0 Å². The van der Waals surface area contributed by atoms with Crippen molar-refractivity contribution in [2.75, 3.05) is 25.1 Å². The Morgan fingerprint density at radius 3 is 2.39 bits per heavy atom. The minimum atomic E-state index is -3.15. The number of oxime groups is 1. The SMILES string of the molecule is CCOP(=O)(Cc1ccc(NC(=O)CO/N=C(/C)c2cccs2)cc1)OCC. The number of nitrogens with zero attached hydrogens (tertiary/aromatic N) is 1. The average molecular weight is 424 g/mol. The summed E-state index contributed by atoms with van der Waals surface area (Å²) in [5, 5.41) is 8.62. The van der Waals surface area contributed by atoms with Crippen LogP contribution in [0.2, 0.25) is 0 Å². The lowest BCUT2D eigenvalue weighted by Crippen LogP contribution is -2.17. The molecule has 1 amide bonds. The molecular weight excluding hydrogens is 399 g/mol. The van der Waals surface area contributed by atoms with Gasteiger partial charge in [-0.15, -0.1) is 11.3 Å². The van der Waals surface area contributed by atoms with Crippen molar-refractivity contribution in [2.45, 2.75) is 26.9 Å². The first-order valence-corrected chi connectivity index (χ1v) is 11.5. The van der Waals surface area contributed by atoms with E-state index in [1.54, 1.807) is 49.4 Å². The molecule has 2 aromatic rings. The van der Waals surface area contributed by atoms with E-state index in [-0.39, 0.29) is 18.7 Å². The van der Waals surface area contributed by atoms with Gasteiger partial charge in [-0.25, -0.2) is 0 Å². The number of anilines is 1. The number of benzene rings is 1. The number of hydrogen-bond donors (Lipinski definition) is 1. The maximum Gasteiger partial charge on any atom is 0.335 e. The van der Waals surface area contributed by atoms with Gasteiger partial charge in [0.25, 0.3) is 5.91 Å². The summed E-state index contributed by atoms with van der Waals surface area (Å²) in [6, 6.07) is 10.9. The van der Waals surface area contributed by atoms with Crippen LogP contribution in [0.25, 0.3) is 0 Å². The van der Waals surface area contributed by atoms with Crippen LogP contribution in [0.1, 0.15) is 31.2 Å². The van der Waals surface area contributed by atoms with Crippen LogP contribution in [-0.2, 0) is 29.4 Å². The van der Waals surface area contributed by atoms with Crippen LogP contribution in [0.15, 0.2) is 46.9 Å². The summed E-state index contributed by atoms with van der Waals surface area (Å²) in [4.78, 5) is 18.1. The predicted molar refractivity (Wildman–Crippen MR) is 112 cm³/mol. The summed E-state index contributed by atoms with van der Waals surface area (Å²) >= 11 is 1.55. The molecule has 7 nitrogen and oxygen atoms in total. The van der Waals surface area contributed by atoms with Gasteiger partial charge in [-0.1, -0.05) is 23.4 Å². The summed E-state index contributed by atoms with van der Waals surface area (Å²) in [5.41, 5.74) is 2.13. The Labute approximate surface area is 169 Å². The first-order chi connectivity index (χ1) is 13.5. The standard InChI is InChI=1S/C19H25N2O5PS/c1-4-25-27(23,26-5-2)14-16-8-10-17(11-9-16)20-19(22)13-24-21-15(3)18-7-6-12-28-18/h6-12H,4-5,13-14H2,1-3H3,(H,20,22)/b21-15-. The van der Waals surface area contributed by atoms with E-state index in [9.17, 15) is 9.36 Å². The van der Waals surface area contributed by atoms with Crippen molar-refractivity contribution >= 4 is 36.2 Å². The van der Waals surface area contributed by atoms with E-state index in [2.05, 4.69) is 10.5 Å². The lowest BCUT2D eigenvalue weighted by atomic mass is 10.2. The Bertz CT molecular complexity index is 811. The zero-order valence-corrected chi connectivity index (χ0v) is 17.9. The van der Waals surface area contributed by atoms with E-state index in [1.807, 2.05) is 24.4 Å². The third-order valence-electron chi connectivity index (χ3n) is 3.54. The Morgan fingerprint density at radius 1 is 1.14 bits per heavy atom.